The van der Waals surface area contributed by atoms with Crippen molar-refractivity contribution in [3.05, 3.63) is 29.3 Å². The molecule has 0 saturated carbocycles. The van der Waals surface area contributed by atoms with E-state index in [1.165, 1.54) is 0 Å². The van der Waals surface area contributed by atoms with Gasteiger partial charge in [0, 0.05) is 5.46 Å². The van der Waals surface area contributed by atoms with Crippen LogP contribution < -0.4 is 5.46 Å². The average molecular weight is 208 g/mol. The molecule has 1 aromatic carbocycles. The van der Waals surface area contributed by atoms with Gasteiger partial charge in [0.05, 0.1) is 5.56 Å². The van der Waals surface area contributed by atoms with E-state index in [4.69, 9.17) is 10.0 Å². The van der Waals surface area contributed by atoms with Crippen molar-refractivity contribution < 1.29 is 27.6 Å². The highest BCUT2D eigenvalue weighted by Crippen LogP contribution is 2.23. The highest BCUT2D eigenvalue weighted by atomic mass is 19.3. The molecule has 0 unspecified atom stereocenters. The number of hydrogen-bond donors (Lipinski definition) is 2. The Morgan fingerprint density at radius 3 is 2.14 bits per heavy atom. The summed E-state index contributed by atoms with van der Waals surface area (Å²) in [7, 11) is -2.24. The van der Waals surface area contributed by atoms with Gasteiger partial charge in [-0.3, -0.25) is 0 Å². The molecule has 0 bridgehead atoms. The Hall–Kier alpha value is -1.08. The maximum atomic E-state index is 13.0. The number of halogens is 4. The van der Waals surface area contributed by atoms with Crippen LogP contribution in [-0.2, 0) is 0 Å². The summed E-state index contributed by atoms with van der Waals surface area (Å²) in [6.45, 7) is 0. The SMILES string of the molecule is OB(O)c1ccc(F)c(C(F)F)c1F. The molecule has 2 nitrogen and oxygen atoms in total. The third kappa shape index (κ3) is 1.88. The van der Waals surface area contributed by atoms with E-state index in [0.717, 1.165) is 0 Å². The monoisotopic (exact) mass is 208 g/mol. The predicted molar refractivity (Wildman–Crippen MR) is 41.1 cm³/mol. The Balaban J connectivity index is 3.34. The van der Waals surface area contributed by atoms with Gasteiger partial charge in [-0.2, -0.15) is 0 Å². The van der Waals surface area contributed by atoms with E-state index in [9.17, 15) is 17.6 Å². The summed E-state index contributed by atoms with van der Waals surface area (Å²) in [5, 5.41) is 17.1. The van der Waals surface area contributed by atoms with Gasteiger partial charge in [-0.15, -0.1) is 0 Å². The van der Waals surface area contributed by atoms with Crippen molar-refractivity contribution in [1.82, 2.24) is 0 Å². The van der Waals surface area contributed by atoms with Crippen LogP contribution >= 0.6 is 0 Å². The minimum Gasteiger partial charge on any atom is -0.423 e. The summed E-state index contributed by atoms with van der Waals surface area (Å²) in [6.07, 6.45) is -3.34. The van der Waals surface area contributed by atoms with Gasteiger partial charge in [-0.25, -0.2) is 17.6 Å². The first-order valence-corrected chi connectivity index (χ1v) is 3.57. The highest BCUT2D eigenvalue weighted by Gasteiger charge is 2.26. The van der Waals surface area contributed by atoms with Gasteiger partial charge in [-0.05, 0) is 6.07 Å². The maximum Gasteiger partial charge on any atom is 0.491 e. The van der Waals surface area contributed by atoms with Gasteiger partial charge in [0.1, 0.15) is 11.6 Å². The van der Waals surface area contributed by atoms with Crippen LogP contribution in [0.4, 0.5) is 17.6 Å². The average Bonchev–Trinajstić information content (AvgIpc) is 2.02. The predicted octanol–water partition coefficient (Wildman–Crippen LogP) is 0.582. The van der Waals surface area contributed by atoms with Crippen LogP contribution in [0, 0.1) is 11.6 Å². The van der Waals surface area contributed by atoms with Crippen LogP contribution in [0.1, 0.15) is 12.0 Å². The lowest BCUT2D eigenvalue weighted by atomic mass is 9.79. The number of alkyl halides is 2. The Morgan fingerprint density at radius 1 is 1.14 bits per heavy atom. The lowest BCUT2D eigenvalue weighted by Crippen LogP contribution is -2.34. The van der Waals surface area contributed by atoms with E-state index in [1.807, 2.05) is 0 Å². The van der Waals surface area contributed by atoms with Crippen LogP contribution in [0.15, 0.2) is 12.1 Å². The Morgan fingerprint density at radius 2 is 1.71 bits per heavy atom. The van der Waals surface area contributed by atoms with E-state index in [2.05, 4.69) is 0 Å². The standard InChI is InChI=1S/C7H5BF4O2/c9-4-2-1-3(8(13)14)6(10)5(4)7(11)12/h1-2,7,13-14H. The number of hydrogen-bond acceptors (Lipinski definition) is 2. The van der Waals surface area contributed by atoms with Gasteiger partial charge < -0.3 is 10.0 Å². The molecule has 0 aliphatic carbocycles. The lowest BCUT2D eigenvalue weighted by molar-refractivity contribution is 0.141. The second-order valence-electron chi connectivity index (χ2n) is 2.54. The minimum atomic E-state index is -3.34. The summed E-state index contributed by atoms with van der Waals surface area (Å²) in [6, 6.07) is 1.25. The normalized spacial score (nSPS) is 10.8. The molecule has 1 aromatic rings. The largest absolute Gasteiger partial charge is 0.491 e. The molecule has 76 valence electrons. The Bertz CT molecular complexity index is 343. The van der Waals surface area contributed by atoms with Crippen LogP contribution in [0.2, 0.25) is 0 Å². The van der Waals surface area contributed by atoms with Crippen molar-refractivity contribution in [1.29, 1.82) is 0 Å². The maximum absolute atomic E-state index is 13.0. The molecule has 0 spiro atoms. The van der Waals surface area contributed by atoms with Gasteiger partial charge in [-0.1, -0.05) is 6.07 Å². The van der Waals surface area contributed by atoms with Gasteiger partial charge in [0.15, 0.2) is 0 Å². The molecular weight excluding hydrogens is 203 g/mol. The molecule has 14 heavy (non-hydrogen) atoms. The quantitative estimate of drug-likeness (QED) is 0.551. The third-order valence-corrected chi connectivity index (χ3v) is 1.65. The summed E-state index contributed by atoms with van der Waals surface area (Å²) in [5.41, 5.74) is -2.22. The van der Waals surface area contributed by atoms with Gasteiger partial charge >= 0.3 is 7.12 Å². The van der Waals surface area contributed by atoms with Crippen molar-refractivity contribution in [2.75, 3.05) is 0 Å². The van der Waals surface area contributed by atoms with E-state index < -0.39 is 36.2 Å². The smallest absolute Gasteiger partial charge is 0.423 e. The zero-order chi connectivity index (χ0) is 10.9. The van der Waals surface area contributed by atoms with Crippen molar-refractivity contribution in [2.45, 2.75) is 6.43 Å². The van der Waals surface area contributed by atoms with Crippen LogP contribution in [0.5, 0.6) is 0 Å². The second-order valence-corrected chi connectivity index (χ2v) is 2.54. The fourth-order valence-electron chi connectivity index (χ4n) is 0.986. The molecule has 0 radical (unpaired) electrons. The summed E-state index contributed by atoms with van der Waals surface area (Å²) in [4.78, 5) is 0. The number of rotatable bonds is 2. The molecule has 7 heteroatoms. The van der Waals surface area contributed by atoms with Crippen LogP contribution in [-0.4, -0.2) is 17.2 Å². The second kappa shape index (κ2) is 3.97. The molecule has 0 aromatic heterocycles. The first kappa shape index (κ1) is 11.0. The summed E-state index contributed by atoms with van der Waals surface area (Å²) >= 11 is 0. The van der Waals surface area contributed by atoms with Crippen molar-refractivity contribution in [2.24, 2.45) is 0 Å². The lowest BCUT2D eigenvalue weighted by Gasteiger charge is -2.07. The molecule has 0 amide bonds. The number of benzene rings is 1. The molecule has 0 saturated heterocycles. The molecule has 1 rings (SSSR count). The van der Waals surface area contributed by atoms with Gasteiger partial charge in [0.2, 0.25) is 0 Å². The Kier molecular flexibility index (Phi) is 3.12. The van der Waals surface area contributed by atoms with Crippen LogP contribution in [0.25, 0.3) is 0 Å². The summed E-state index contributed by atoms with van der Waals surface area (Å²) in [5.74, 6) is -3.04. The fraction of sp³-hybridized carbons (Fsp3) is 0.143. The Labute approximate surface area is 76.9 Å². The first-order chi connectivity index (χ1) is 6.45. The van der Waals surface area contributed by atoms with Crippen molar-refractivity contribution in [3.63, 3.8) is 0 Å². The van der Waals surface area contributed by atoms with Crippen molar-refractivity contribution >= 4 is 12.6 Å². The molecule has 2 N–H and O–H groups in total. The molecule has 0 atom stereocenters. The van der Waals surface area contributed by atoms with E-state index in [-0.39, 0.29) is 0 Å². The first-order valence-electron chi connectivity index (χ1n) is 3.57. The third-order valence-electron chi connectivity index (χ3n) is 1.65. The van der Waals surface area contributed by atoms with E-state index in [1.54, 1.807) is 0 Å². The molecular formula is C7H5BF4O2. The van der Waals surface area contributed by atoms with Gasteiger partial charge in [0.25, 0.3) is 6.43 Å². The molecule has 0 aliphatic heterocycles. The molecule has 0 aliphatic rings. The van der Waals surface area contributed by atoms with E-state index >= 15 is 0 Å². The fourth-order valence-corrected chi connectivity index (χ4v) is 0.986. The van der Waals surface area contributed by atoms with Crippen molar-refractivity contribution in [3.8, 4) is 0 Å². The molecule has 0 heterocycles. The van der Waals surface area contributed by atoms with Crippen LogP contribution in [0.3, 0.4) is 0 Å². The topological polar surface area (TPSA) is 40.5 Å². The minimum absolute atomic E-state index is 0.555. The molecule has 0 fully saturated rings. The highest BCUT2D eigenvalue weighted by molar-refractivity contribution is 6.58. The summed E-state index contributed by atoms with van der Waals surface area (Å²) < 4.78 is 49.8. The zero-order valence-electron chi connectivity index (χ0n) is 6.72. The van der Waals surface area contributed by atoms with E-state index in [0.29, 0.717) is 12.1 Å². The zero-order valence-corrected chi connectivity index (χ0v) is 6.72.